The Morgan fingerprint density at radius 2 is 2.07 bits per heavy atom. The number of hydrogen-bond donors (Lipinski definition) is 0. The highest BCUT2D eigenvalue weighted by Gasteiger charge is 2.28. The maximum atomic E-state index is 2.48. The summed E-state index contributed by atoms with van der Waals surface area (Å²) in [5, 5.41) is 0. The second-order valence-corrected chi connectivity index (χ2v) is 5.35. The molecular weight excluding hydrogens is 180 g/mol. The Hall–Kier alpha value is -0.780. The van der Waals surface area contributed by atoms with E-state index >= 15 is 0 Å². The molecule has 2 aliphatic rings. The van der Waals surface area contributed by atoms with Crippen LogP contribution in [0.4, 0.5) is 0 Å². The normalized spacial score (nSPS) is 30.5. The monoisotopic (exact) mass is 202 g/mol. The van der Waals surface area contributed by atoms with E-state index in [4.69, 9.17) is 0 Å². The van der Waals surface area contributed by atoms with Crippen molar-refractivity contribution in [2.45, 2.75) is 47.0 Å². The van der Waals surface area contributed by atoms with Gasteiger partial charge in [-0.1, -0.05) is 35.8 Å². The van der Waals surface area contributed by atoms with Gasteiger partial charge in [-0.05, 0) is 51.5 Å². The molecule has 0 heterocycles. The van der Waals surface area contributed by atoms with Crippen LogP contribution >= 0.6 is 0 Å². The summed E-state index contributed by atoms with van der Waals surface area (Å²) in [4.78, 5) is 0. The molecule has 0 spiro atoms. The van der Waals surface area contributed by atoms with Crippen molar-refractivity contribution >= 4 is 0 Å². The molecule has 2 rings (SSSR count). The molecule has 2 atom stereocenters. The second kappa shape index (κ2) is 4.00. The first kappa shape index (κ1) is 10.7. The smallest absolute Gasteiger partial charge is 0.00504 e. The van der Waals surface area contributed by atoms with Crippen LogP contribution in [-0.2, 0) is 0 Å². The van der Waals surface area contributed by atoms with E-state index in [1.54, 1.807) is 16.7 Å². The van der Waals surface area contributed by atoms with E-state index in [1.807, 2.05) is 0 Å². The van der Waals surface area contributed by atoms with Gasteiger partial charge >= 0.3 is 0 Å². The van der Waals surface area contributed by atoms with Crippen molar-refractivity contribution in [3.8, 4) is 0 Å². The van der Waals surface area contributed by atoms with Crippen LogP contribution in [0.5, 0.6) is 0 Å². The molecular formula is C15H22. The lowest BCUT2D eigenvalue weighted by atomic mass is 9.87. The minimum atomic E-state index is 0.729. The lowest BCUT2D eigenvalue weighted by molar-refractivity contribution is 0.576. The minimum Gasteiger partial charge on any atom is -0.0850 e. The quantitative estimate of drug-likeness (QED) is 0.502. The third-order valence-electron chi connectivity index (χ3n) is 3.99. The van der Waals surface area contributed by atoms with Crippen molar-refractivity contribution in [1.82, 2.24) is 0 Å². The molecule has 0 aromatic heterocycles. The van der Waals surface area contributed by atoms with Crippen molar-refractivity contribution < 1.29 is 0 Å². The molecule has 82 valence electrons. The molecule has 2 unspecified atom stereocenters. The first-order valence-electron chi connectivity index (χ1n) is 6.14. The highest BCUT2D eigenvalue weighted by atomic mass is 14.3. The molecule has 0 fully saturated rings. The van der Waals surface area contributed by atoms with E-state index in [1.165, 1.54) is 24.8 Å². The number of rotatable bonds is 0. The fraction of sp³-hybridized carbons (Fsp3) is 0.600. The first-order chi connectivity index (χ1) is 7.09. The fourth-order valence-electron chi connectivity index (χ4n) is 2.83. The molecule has 0 saturated carbocycles. The van der Waals surface area contributed by atoms with Crippen molar-refractivity contribution in [1.29, 1.82) is 0 Å². The maximum absolute atomic E-state index is 2.48. The molecule has 0 aliphatic heterocycles. The van der Waals surface area contributed by atoms with Gasteiger partial charge in [0, 0.05) is 5.92 Å². The van der Waals surface area contributed by atoms with Gasteiger partial charge in [0.15, 0.2) is 0 Å². The van der Waals surface area contributed by atoms with Crippen LogP contribution in [0.2, 0.25) is 0 Å². The predicted octanol–water partition coefficient (Wildman–Crippen LogP) is 4.65. The SMILES string of the molecule is CC1=CCCC(C)C2=CC(=C(C)C)CC12. The number of hydrogen-bond acceptors (Lipinski definition) is 0. The fourth-order valence-corrected chi connectivity index (χ4v) is 2.83. The highest BCUT2D eigenvalue weighted by molar-refractivity contribution is 5.41. The Balaban J connectivity index is 2.37. The Kier molecular flexibility index (Phi) is 2.86. The van der Waals surface area contributed by atoms with E-state index in [0.29, 0.717) is 0 Å². The van der Waals surface area contributed by atoms with Crippen LogP contribution in [0.3, 0.4) is 0 Å². The van der Waals surface area contributed by atoms with Gasteiger partial charge in [0.2, 0.25) is 0 Å². The van der Waals surface area contributed by atoms with E-state index < -0.39 is 0 Å². The average molecular weight is 202 g/mol. The van der Waals surface area contributed by atoms with Gasteiger partial charge < -0.3 is 0 Å². The van der Waals surface area contributed by atoms with Crippen molar-refractivity contribution in [2.24, 2.45) is 11.8 Å². The molecule has 0 N–H and O–H groups in total. The van der Waals surface area contributed by atoms with Gasteiger partial charge in [-0.3, -0.25) is 0 Å². The summed E-state index contributed by atoms with van der Waals surface area (Å²) in [5.41, 5.74) is 6.37. The molecule has 0 bridgehead atoms. The molecule has 0 saturated heterocycles. The van der Waals surface area contributed by atoms with Gasteiger partial charge in [0.25, 0.3) is 0 Å². The van der Waals surface area contributed by atoms with Crippen LogP contribution in [0.25, 0.3) is 0 Å². The topological polar surface area (TPSA) is 0 Å². The van der Waals surface area contributed by atoms with Crippen molar-refractivity contribution in [2.75, 3.05) is 0 Å². The van der Waals surface area contributed by atoms with Crippen LogP contribution in [-0.4, -0.2) is 0 Å². The van der Waals surface area contributed by atoms with E-state index in [2.05, 4.69) is 39.8 Å². The molecule has 15 heavy (non-hydrogen) atoms. The maximum Gasteiger partial charge on any atom is 0.00504 e. The molecule has 0 aromatic rings. The predicted molar refractivity (Wildman–Crippen MR) is 66.7 cm³/mol. The van der Waals surface area contributed by atoms with Gasteiger partial charge in [-0.2, -0.15) is 0 Å². The molecule has 0 amide bonds. The lowest BCUT2D eigenvalue weighted by Gasteiger charge is -2.17. The third-order valence-corrected chi connectivity index (χ3v) is 3.99. The van der Waals surface area contributed by atoms with Crippen LogP contribution in [0.15, 0.2) is 34.4 Å². The van der Waals surface area contributed by atoms with Gasteiger partial charge in [0.05, 0.1) is 0 Å². The van der Waals surface area contributed by atoms with Gasteiger partial charge in [-0.15, -0.1) is 0 Å². The Morgan fingerprint density at radius 1 is 1.33 bits per heavy atom. The minimum absolute atomic E-state index is 0.729. The van der Waals surface area contributed by atoms with E-state index in [9.17, 15) is 0 Å². The third kappa shape index (κ3) is 1.95. The summed E-state index contributed by atoms with van der Waals surface area (Å²) in [6.45, 7) is 9.17. The summed E-state index contributed by atoms with van der Waals surface area (Å²) in [6, 6.07) is 0. The van der Waals surface area contributed by atoms with Crippen molar-refractivity contribution in [3.05, 3.63) is 34.4 Å². The standard InChI is InChI=1S/C15H22/c1-10(2)13-8-14-11(3)6-5-7-12(4)15(14)9-13/h6,9,12,14H,5,7-8H2,1-4H3. The molecule has 2 aliphatic carbocycles. The summed E-state index contributed by atoms with van der Waals surface area (Å²) in [7, 11) is 0. The average Bonchev–Trinajstić information content (AvgIpc) is 2.57. The van der Waals surface area contributed by atoms with Crippen LogP contribution in [0.1, 0.15) is 47.0 Å². The summed E-state index contributed by atoms with van der Waals surface area (Å²) >= 11 is 0. The molecule has 0 aromatic carbocycles. The first-order valence-corrected chi connectivity index (χ1v) is 6.14. The summed E-state index contributed by atoms with van der Waals surface area (Å²) in [5.74, 6) is 1.51. The Bertz CT molecular complexity index is 348. The largest absolute Gasteiger partial charge is 0.0850 e. The lowest BCUT2D eigenvalue weighted by Crippen LogP contribution is -2.06. The summed E-state index contributed by atoms with van der Waals surface area (Å²) in [6.07, 6.45) is 8.79. The van der Waals surface area contributed by atoms with Crippen molar-refractivity contribution in [3.63, 3.8) is 0 Å². The number of fused-ring (bicyclic) bond motifs is 1. The zero-order valence-electron chi connectivity index (χ0n) is 10.4. The van der Waals surface area contributed by atoms with Gasteiger partial charge in [0.1, 0.15) is 0 Å². The second-order valence-electron chi connectivity index (χ2n) is 5.35. The Labute approximate surface area is 93.8 Å². The van der Waals surface area contributed by atoms with E-state index in [-0.39, 0.29) is 0 Å². The zero-order valence-corrected chi connectivity index (χ0v) is 10.4. The van der Waals surface area contributed by atoms with Crippen LogP contribution < -0.4 is 0 Å². The number of allylic oxidation sites excluding steroid dienone is 6. The molecule has 0 heteroatoms. The molecule has 0 nitrogen and oxygen atoms in total. The Morgan fingerprint density at radius 3 is 2.73 bits per heavy atom. The molecule has 0 radical (unpaired) electrons. The summed E-state index contributed by atoms with van der Waals surface area (Å²) < 4.78 is 0. The van der Waals surface area contributed by atoms with Gasteiger partial charge in [-0.25, -0.2) is 0 Å². The highest BCUT2D eigenvalue weighted by Crippen LogP contribution is 2.43. The zero-order chi connectivity index (χ0) is 11.0. The van der Waals surface area contributed by atoms with Crippen LogP contribution in [0, 0.1) is 11.8 Å². The van der Waals surface area contributed by atoms with E-state index in [0.717, 1.165) is 11.8 Å².